The van der Waals surface area contributed by atoms with Crippen molar-refractivity contribution in [2.24, 2.45) is 5.73 Å². The second-order valence-corrected chi connectivity index (χ2v) is 4.23. The Kier molecular flexibility index (Phi) is 4.19. The average molecular weight is 220 g/mol. The largest absolute Gasteiger partial charge is 0.492 e. The van der Waals surface area contributed by atoms with Crippen molar-refractivity contribution in [3.05, 3.63) is 30.3 Å². The number of nitrogens with two attached hydrogens (primary N) is 1. The van der Waals surface area contributed by atoms with E-state index in [1.54, 1.807) is 0 Å². The molecule has 1 unspecified atom stereocenters. The standard InChI is InChI=1S/C13H20N2O/c14-11-12-5-4-8-15(12)9-10-16-13-6-2-1-3-7-13/h1-3,6-7,12H,4-5,8-11,14H2. The van der Waals surface area contributed by atoms with Crippen molar-refractivity contribution in [1.29, 1.82) is 0 Å². The van der Waals surface area contributed by atoms with Crippen LogP contribution in [0.1, 0.15) is 12.8 Å². The van der Waals surface area contributed by atoms with Gasteiger partial charge in [0.25, 0.3) is 0 Å². The van der Waals surface area contributed by atoms with Gasteiger partial charge in [-0.1, -0.05) is 18.2 Å². The highest BCUT2D eigenvalue weighted by Crippen LogP contribution is 2.15. The second kappa shape index (κ2) is 5.87. The first kappa shape index (κ1) is 11.4. The Bertz CT molecular complexity index is 302. The average Bonchev–Trinajstić information content (AvgIpc) is 2.78. The van der Waals surface area contributed by atoms with Crippen LogP contribution in [-0.4, -0.2) is 37.2 Å². The summed E-state index contributed by atoms with van der Waals surface area (Å²) >= 11 is 0. The molecule has 0 bridgehead atoms. The quantitative estimate of drug-likeness (QED) is 0.817. The van der Waals surface area contributed by atoms with Gasteiger partial charge in [0.2, 0.25) is 0 Å². The van der Waals surface area contributed by atoms with Crippen LogP contribution in [0.15, 0.2) is 30.3 Å². The van der Waals surface area contributed by atoms with Gasteiger partial charge in [0.1, 0.15) is 12.4 Å². The van der Waals surface area contributed by atoms with Gasteiger partial charge in [0.15, 0.2) is 0 Å². The fourth-order valence-corrected chi connectivity index (χ4v) is 2.25. The summed E-state index contributed by atoms with van der Waals surface area (Å²) in [6.07, 6.45) is 2.51. The summed E-state index contributed by atoms with van der Waals surface area (Å²) in [5.74, 6) is 0.950. The van der Waals surface area contributed by atoms with E-state index in [1.165, 1.54) is 19.4 Å². The van der Waals surface area contributed by atoms with Gasteiger partial charge < -0.3 is 10.5 Å². The molecule has 1 atom stereocenters. The summed E-state index contributed by atoms with van der Waals surface area (Å²) in [5, 5.41) is 0. The van der Waals surface area contributed by atoms with Gasteiger partial charge in [0.05, 0.1) is 0 Å². The highest BCUT2D eigenvalue weighted by Gasteiger charge is 2.22. The maximum atomic E-state index is 5.72. The molecule has 3 heteroatoms. The van der Waals surface area contributed by atoms with E-state index in [9.17, 15) is 0 Å². The first-order valence-electron chi connectivity index (χ1n) is 6.02. The summed E-state index contributed by atoms with van der Waals surface area (Å²) in [6, 6.07) is 10.5. The zero-order valence-electron chi connectivity index (χ0n) is 9.64. The van der Waals surface area contributed by atoms with E-state index in [0.717, 1.165) is 25.4 Å². The van der Waals surface area contributed by atoms with Crippen LogP contribution in [0.2, 0.25) is 0 Å². The Hall–Kier alpha value is -1.06. The minimum atomic E-state index is 0.569. The molecule has 16 heavy (non-hydrogen) atoms. The van der Waals surface area contributed by atoms with Crippen LogP contribution in [0, 0.1) is 0 Å². The molecule has 0 radical (unpaired) electrons. The normalized spacial score (nSPS) is 21.2. The van der Waals surface area contributed by atoms with Crippen LogP contribution in [0.3, 0.4) is 0 Å². The molecule has 0 aliphatic carbocycles. The summed E-state index contributed by atoms with van der Waals surface area (Å²) in [5.41, 5.74) is 5.72. The van der Waals surface area contributed by atoms with Crippen LogP contribution in [0.25, 0.3) is 0 Å². The first-order chi connectivity index (χ1) is 7.90. The van der Waals surface area contributed by atoms with Gasteiger partial charge in [-0.25, -0.2) is 0 Å². The third kappa shape index (κ3) is 2.97. The van der Waals surface area contributed by atoms with Crippen molar-refractivity contribution in [1.82, 2.24) is 4.90 Å². The summed E-state index contributed by atoms with van der Waals surface area (Å²) in [6.45, 7) is 3.67. The van der Waals surface area contributed by atoms with E-state index in [0.29, 0.717) is 6.04 Å². The second-order valence-electron chi connectivity index (χ2n) is 4.23. The molecule has 1 aliphatic heterocycles. The van der Waals surface area contributed by atoms with E-state index >= 15 is 0 Å². The third-order valence-corrected chi connectivity index (χ3v) is 3.16. The van der Waals surface area contributed by atoms with Gasteiger partial charge in [-0.3, -0.25) is 4.90 Å². The van der Waals surface area contributed by atoms with Crippen molar-refractivity contribution in [2.75, 3.05) is 26.2 Å². The molecule has 1 saturated heterocycles. The molecule has 1 aromatic carbocycles. The Balaban J connectivity index is 1.72. The summed E-state index contributed by atoms with van der Waals surface area (Å²) in [4.78, 5) is 2.43. The minimum absolute atomic E-state index is 0.569. The minimum Gasteiger partial charge on any atom is -0.492 e. The van der Waals surface area contributed by atoms with Crippen LogP contribution >= 0.6 is 0 Å². The number of nitrogens with zero attached hydrogens (tertiary/aromatic N) is 1. The number of benzene rings is 1. The van der Waals surface area contributed by atoms with Crippen molar-refractivity contribution in [3.63, 3.8) is 0 Å². The highest BCUT2D eigenvalue weighted by molar-refractivity contribution is 5.20. The molecule has 0 aromatic heterocycles. The number of hydrogen-bond acceptors (Lipinski definition) is 3. The maximum Gasteiger partial charge on any atom is 0.119 e. The smallest absolute Gasteiger partial charge is 0.119 e. The lowest BCUT2D eigenvalue weighted by molar-refractivity contribution is 0.199. The zero-order chi connectivity index (χ0) is 11.2. The van der Waals surface area contributed by atoms with Crippen LogP contribution in [0.4, 0.5) is 0 Å². The Morgan fingerprint density at radius 3 is 2.88 bits per heavy atom. The van der Waals surface area contributed by atoms with Gasteiger partial charge >= 0.3 is 0 Å². The highest BCUT2D eigenvalue weighted by atomic mass is 16.5. The number of ether oxygens (including phenoxy) is 1. The van der Waals surface area contributed by atoms with Gasteiger partial charge in [-0.05, 0) is 31.5 Å². The van der Waals surface area contributed by atoms with Gasteiger partial charge in [-0.15, -0.1) is 0 Å². The monoisotopic (exact) mass is 220 g/mol. The van der Waals surface area contributed by atoms with Crippen LogP contribution in [-0.2, 0) is 0 Å². The summed E-state index contributed by atoms with van der Waals surface area (Å²) < 4.78 is 5.68. The predicted octanol–water partition coefficient (Wildman–Crippen LogP) is 1.49. The molecule has 3 nitrogen and oxygen atoms in total. The molecular formula is C13H20N2O. The fourth-order valence-electron chi connectivity index (χ4n) is 2.25. The molecular weight excluding hydrogens is 200 g/mol. The van der Waals surface area contributed by atoms with Crippen LogP contribution in [0.5, 0.6) is 5.75 Å². The predicted molar refractivity (Wildman–Crippen MR) is 65.6 cm³/mol. The van der Waals surface area contributed by atoms with Gasteiger partial charge in [0, 0.05) is 19.1 Å². The third-order valence-electron chi connectivity index (χ3n) is 3.16. The van der Waals surface area contributed by atoms with E-state index in [-0.39, 0.29) is 0 Å². The van der Waals surface area contributed by atoms with Gasteiger partial charge in [-0.2, -0.15) is 0 Å². The SMILES string of the molecule is NCC1CCCN1CCOc1ccccc1. The fraction of sp³-hybridized carbons (Fsp3) is 0.538. The molecule has 0 amide bonds. The first-order valence-corrected chi connectivity index (χ1v) is 6.02. The Morgan fingerprint density at radius 2 is 2.12 bits per heavy atom. The Labute approximate surface area is 97.2 Å². The number of para-hydroxylation sites is 1. The molecule has 0 saturated carbocycles. The molecule has 1 aliphatic rings. The van der Waals surface area contributed by atoms with Crippen molar-refractivity contribution >= 4 is 0 Å². The lowest BCUT2D eigenvalue weighted by atomic mass is 10.2. The molecule has 2 N–H and O–H groups in total. The number of likely N-dealkylation sites (tertiary alicyclic amines) is 1. The molecule has 2 rings (SSSR count). The lowest BCUT2D eigenvalue weighted by Gasteiger charge is -2.22. The molecule has 88 valence electrons. The maximum absolute atomic E-state index is 5.72. The molecule has 1 aromatic rings. The molecule has 1 fully saturated rings. The Morgan fingerprint density at radius 1 is 1.31 bits per heavy atom. The molecule has 0 spiro atoms. The van der Waals surface area contributed by atoms with E-state index in [4.69, 9.17) is 10.5 Å². The van der Waals surface area contributed by atoms with Crippen LogP contribution < -0.4 is 10.5 Å². The van der Waals surface area contributed by atoms with E-state index in [1.807, 2.05) is 30.3 Å². The van der Waals surface area contributed by atoms with Crippen molar-refractivity contribution in [2.45, 2.75) is 18.9 Å². The molecule has 1 heterocycles. The number of rotatable bonds is 5. The number of hydrogen-bond donors (Lipinski definition) is 1. The lowest BCUT2D eigenvalue weighted by Crippen LogP contribution is -2.37. The van der Waals surface area contributed by atoms with E-state index in [2.05, 4.69) is 4.90 Å². The van der Waals surface area contributed by atoms with Crippen molar-refractivity contribution in [3.8, 4) is 5.75 Å². The topological polar surface area (TPSA) is 38.5 Å². The summed E-state index contributed by atoms with van der Waals surface area (Å²) in [7, 11) is 0. The zero-order valence-corrected chi connectivity index (χ0v) is 9.64. The van der Waals surface area contributed by atoms with E-state index < -0.39 is 0 Å². The van der Waals surface area contributed by atoms with Crippen molar-refractivity contribution < 1.29 is 4.74 Å².